The standard InChI is InChI=1S/C16H26N4O/c1-19-9-7-14(8-10-19)20(2)11-12-21-15-5-3-13(4-6-15)16(17)18/h3-6,14H,7-12H2,1-2H3,(H3,17,18). The molecule has 5 heteroatoms. The highest BCUT2D eigenvalue weighted by molar-refractivity contribution is 5.94. The van der Waals surface area contributed by atoms with Crippen molar-refractivity contribution >= 4 is 5.84 Å². The average Bonchev–Trinajstić information content (AvgIpc) is 2.48. The molecule has 3 N–H and O–H groups in total. The highest BCUT2D eigenvalue weighted by atomic mass is 16.5. The van der Waals surface area contributed by atoms with E-state index in [0.29, 0.717) is 12.6 Å². The maximum atomic E-state index is 7.35. The van der Waals surface area contributed by atoms with Gasteiger partial charge in [0.15, 0.2) is 0 Å². The summed E-state index contributed by atoms with van der Waals surface area (Å²) in [5, 5.41) is 7.35. The Labute approximate surface area is 127 Å². The molecule has 1 aliphatic heterocycles. The number of likely N-dealkylation sites (tertiary alicyclic amines) is 1. The van der Waals surface area contributed by atoms with Crippen molar-refractivity contribution in [3.8, 4) is 5.75 Å². The molecule has 2 rings (SSSR count). The fourth-order valence-electron chi connectivity index (χ4n) is 2.66. The van der Waals surface area contributed by atoms with E-state index in [2.05, 4.69) is 23.9 Å². The molecule has 5 nitrogen and oxygen atoms in total. The molecule has 0 spiro atoms. The Morgan fingerprint density at radius 3 is 2.52 bits per heavy atom. The molecular formula is C16H26N4O. The van der Waals surface area contributed by atoms with E-state index in [-0.39, 0.29) is 5.84 Å². The number of hydrogen-bond acceptors (Lipinski definition) is 4. The molecule has 1 heterocycles. The van der Waals surface area contributed by atoms with Gasteiger partial charge in [-0.2, -0.15) is 0 Å². The van der Waals surface area contributed by atoms with Gasteiger partial charge in [0.2, 0.25) is 0 Å². The number of likely N-dealkylation sites (N-methyl/N-ethyl adjacent to an activating group) is 1. The van der Waals surface area contributed by atoms with Crippen molar-refractivity contribution < 1.29 is 4.74 Å². The zero-order chi connectivity index (χ0) is 15.2. The van der Waals surface area contributed by atoms with E-state index in [1.807, 2.05) is 24.3 Å². The third-order valence-corrected chi connectivity index (χ3v) is 4.19. The van der Waals surface area contributed by atoms with Crippen LogP contribution in [0.25, 0.3) is 0 Å². The number of rotatable bonds is 6. The molecular weight excluding hydrogens is 264 g/mol. The van der Waals surface area contributed by atoms with Crippen molar-refractivity contribution in [1.29, 1.82) is 5.41 Å². The number of benzene rings is 1. The van der Waals surface area contributed by atoms with Crippen molar-refractivity contribution in [3.63, 3.8) is 0 Å². The molecule has 116 valence electrons. The van der Waals surface area contributed by atoms with Gasteiger partial charge in [-0.1, -0.05) is 0 Å². The molecule has 0 saturated carbocycles. The van der Waals surface area contributed by atoms with Crippen LogP contribution in [0.4, 0.5) is 0 Å². The third kappa shape index (κ3) is 4.72. The summed E-state index contributed by atoms with van der Waals surface area (Å²) in [6.45, 7) is 3.98. The minimum absolute atomic E-state index is 0.0866. The second-order valence-corrected chi connectivity index (χ2v) is 5.80. The van der Waals surface area contributed by atoms with Gasteiger partial charge in [0, 0.05) is 18.2 Å². The van der Waals surface area contributed by atoms with Crippen molar-refractivity contribution in [1.82, 2.24) is 9.80 Å². The third-order valence-electron chi connectivity index (χ3n) is 4.19. The lowest BCUT2D eigenvalue weighted by atomic mass is 10.0. The normalized spacial score (nSPS) is 17.1. The maximum Gasteiger partial charge on any atom is 0.122 e. The Hall–Kier alpha value is -1.59. The van der Waals surface area contributed by atoms with Crippen LogP contribution < -0.4 is 10.5 Å². The Bertz CT molecular complexity index is 452. The smallest absolute Gasteiger partial charge is 0.122 e. The van der Waals surface area contributed by atoms with Gasteiger partial charge >= 0.3 is 0 Å². The molecule has 0 unspecified atom stereocenters. The lowest BCUT2D eigenvalue weighted by Crippen LogP contribution is -2.43. The van der Waals surface area contributed by atoms with E-state index in [4.69, 9.17) is 15.9 Å². The lowest BCUT2D eigenvalue weighted by molar-refractivity contribution is 0.127. The number of ether oxygens (including phenoxy) is 1. The monoisotopic (exact) mass is 290 g/mol. The van der Waals surface area contributed by atoms with Crippen LogP contribution >= 0.6 is 0 Å². The summed E-state index contributed by atoms with van der Waals surface area (Å²) in [5.74, 6) is 0.917. The van der Waals surface area contributed by atoms with Gasteiger partial charge in [0.1, 0.15) is 18.2 Å². The highest BCUT2D eigenvalue weighted by Gasteiger charge is 2.20. The molecule has 0 amide bonds. The van der Waals surface area contributed by atoms with E-state index >= 15 is 0 Å². The summed E-state index contributed by atoms with van der Waals surface area (Å²) in [5.41, 5.74) is 6.16. The van der Waals surface area contributed by atoms with E-state index in [9.17, 15) is 0 Å². The second kappa shape index (κ2) is 7.43. The van der Waals surface area contributed by atoms with Crippen LogP contribution in [0, 0.1) is 5.41 Å². The summed E-state index contributed by atoms with van der Waals surface area (Å²) in [6, 6.07) is 8.04. The van der Waals surface area contributed by atoms with Crippen LogP contribution in [0.3, 0.4) is 0 Å². The number of nitrogen functional groups attached to an aromatic ring is 1. The Kier molecular flexibility index (Phi) is 5.59. The van der Waals surface area contributed by atoms with Crippen LogP contribution in [-0.2, 0) is 0 Å². The number of piperidine rings is 1. The molecule has 1 aliphatic rings. The summed E-state index contributed by atoms with van der Waals surface area (Å²) in [6.07, 6.45) is 2.47. The number of hydrogen-bond donors (Lipinski definition) is 2. The van der Waals surface area contributed by atoms with Gasteiger partial charge in [-0.25, -0.2) is 0 Å². The van der Waals surface area contributed by atoms with E-state index < -0.39 is 0 Å². The SMILES string of the molecule is CN1CCC(N(C)CCOc2ccc(C(=N)N)cc2)CC1. The van der Waals surface area contributed by atoms with Crippen molar-refractivity contribution in [2.24, 2.45) is 5.73 Å². The average molecular weight is 290 g/mol. The number of nitrogens with one attached hydrogen (secondary N) is 1. The first kappa shape index (κ1) is 15.8. The van der Waals surface area contributed by atoms with Gasteiger partial charge in [-0.3, -0.25) is 10.3 Å². The topological polar surface area (TPSA) is 65.6 Å². The zero-order valence-corrected chi connectivity index (χ0v) is 13.0. The molecule has 0 bridgehead atoms. The molecule has 1 aromatic carbocycles. The summed E-state index contributed by atoms with van der Waals surface area (Å²) < 4.78 is 5.76. The summed E-state index contributed by atoms with van der Waals surface area (Å²) in [4.78, 5) is 4.79. The summed E-state index contributed by atoms with van der Waals surface area (Å²) >= 11 is 0. The van der Waals surface area contributed by atoms with Crippen molar-refractivity contribution in [2.75, 3.05) is 40.3 Å². The van der Waals surface area contributed by atoms with Gasteiger partial charge in [0.05, 0.1) is 0 Å². The Morgan fingerprint density at radius 2 is 1.95 bits per heavy atom. The van der Waals surface area contributed by atoms with E-state index in [1.54, 1.807) is 0 Å². The molecule has 0 atom stereocenters. The first-order chi connectivity index (χ1) is 10.1. The molecule has 1 saturated heterocycles. The van der Waals surface area contributed by atoms with Crippen LogP contribution in [0.15, 0.2) is 24.3 Å². The molecule has 0 aliphatic carbocycles. The quantitative estimate of drug-likeness (QED) is 0.613. The number of nitrogens with two attached hydrogens (primary N) is 1. The first-order valence-corrected chi connectivity index (χ1v) is 7.52. The van der Waals surface area contributed by atoms with Gasteiger partial charge in [-0.05, 0) is 64.3 Å². The predicted molar refractivity (Wildman–Crippen MR) is 86.1 cm³/mol. The molecule has 21 heavy (non-hydrogen) atoms. The molecule has 0 aromatic heterocycles. The number of nitrogens with zero attached hydrogens (tertiary/aromatic N) is 2. The van der Waals surface area contributed by atoms with Crippen LogP contribution in [0.5, 0.6) is 5.75 Å². The Morgan fingerprint density at radius 1 is 1.33 bits per heavy atom. The minimum Gasteiger partial charge on any atom is -0.492 e. The lowest BCUT2D eigenvalue weighted by Gasteiger charge is -2.35. The van der Waals surface area contributed by atoms with Crippen molar-refractivity contribution in [3.05, 3.63) is 29.8 Å². The zero-order valence-electron chi connectivity index (χ0n) is 13.0. The predicted octanol–water partition coefficient (Wildman–Crippen LogP) is 1.38. The summed E-state index contributed by atoms with van der Waals surface area (Å²) in [7, 11) is 4.36. The largest absolute Gasteiger partial charge is 0.492 e. The van der Waals surface area contributed by atoms with Gasteiger partial charge in [0.25, 0.3) is 0 Å². The highest BCUT2D eigenvalue weighted by Crippen LogP contribution is 2.15. The van der Waals surface area contributed by atoms with Crippen LogP contribution in [-0.4, -0.2) is 62.0 Å². The van der Waals surface area contributed by atoms with Crippen molar-refractivity contribution in [2.45, 2.75) is 18.9 Å². The molecule has 1 fully saturated rings. The van der Waals surface area contributed by atoms with Gasteiger partial charge in [-0.15, -0.1) is 0 Å². The van der Waals surface area contributed by atoms with Crippen LogP contribution in [0.1, 0.15) is 18.4 Å². The fraction of sp³-hybridized carbons (Fsp3) is 0.562. The van der Waals surface area contributed by atoms with E-state index in [0.717, 1.165) is 17.9 Å². The fourth-order valence-corrected chi connectivity index (χ4v) is 2.66. The molecule has 1 aromatic rings. The first-order valence-electron chi connectivity index (χ1n) is 7.52. The Balaban J connectivity index is 1.72. The number of amidine groups is 1. The van der Waals surface area contributed by atoms with E-state index in [1.165, 1.54) is 25.9 Å². The second-order valence-electron chi connectivity index (χ2n) is 5.80. The van der Waals surface area contributed by atoms with Crippen LogP contribution in [0.2, 0.25) is 0 Å². The minimum atomic E-state index is 0.0866. The molecule has 0 radical (unpaired) electrons. The maximum absolute atomic E-state index is 7.35. The van der Waals surface area contributed by atoms with Gasteiger partial charge < -0.3 is 15.4 Å².